The molecular formula is C17H22Cl2N6. The highest BCUT2D eigenvalue weighted by atomic mass is 35.5. The van der Waals surface area contributed by atoms with E-state index >= 15 is 0 Å². The number of aromatic nitrogens is 4. The summed E-state index contributed by atoms with van der Waals surface area (Å²) in [5, 5.41) is 4.20. The molecule has 0 amide bonds. The Labute approximate surface area is 158 Å². The van der Waals surface area contributed by atoms with Gasteiger partial charge in [-0.25, -0.2) is 9.97 Å². The molecule has 1 aliphatic rings. The van der Waals surface area contributed by atoms with Crippen molar-refractivity contribution in [2.75, 3.05) is 19.6 Å². The lowest BCUT2D eigenvalue weighted by atomic mass is 10.1. The van der Waals surface area contributed by atoms with Crippen molar-refractivity contribution in [3.05, 3.63) is 47.3 Å². The molecule has 25 heavy (non-hydrogen) atoms. The van der Waals surface area contributed by atoms with Gasteiger partial charge in [-0.05, 0) is 18.2 Å². The Kier molecular flexibility index (Phi) is 5.34. The van der Waals surface area contributed by atoms with Crippen molar-refractivity contribution in [1.82, 2.24) is 29.3 Å². The molecule has 0 bridgehead atoms. The highest BCUT2D eigenvalue weighted by Gasteiger charge is 2.27. The molecule has 134 valence electrons. The van der Waals surface area contributed by atoms with Crippen molar-refractivity contribution in [3.63, 3.8) is 0 Å². The van der Waals surface area contributed by atoms with Gasteiger partial charge in [0.2, 0.25) is 0 Å². The maximum absolute atomic E-state index is 6.10. The number of fused-ring (bicyclic) bond motifs is 1. The molecule has 2 aromatic heterocycles. The smallest absolute Gasteiger partial charge is 0.127 e. The van der Waals surface area contributed by atoms with Crippen LogP contribution in [0.4, 0.5) is 0 Å². The zero-order valence-corrected chi connectivity index (χ0v) is 15.9. The van der Waals surface area contributed by atoms with Gasteiger partial charge >= 0.3 is 0 Å². The van der Waals surface area contributed by atoms with Gasteiger partial charge in [-0.3, -0.25) is 4.90 Å². The van der Waals surface area contributed by atoms with Crippen LogP contribution in [0.15, 0.2) is 30.6 Å². The summed E-state index contributed by atoms with van der Waals surface area (Å²) in [6.45, 7) is 3.65. The van der Waals surface area contributed by atoms with Gasteiger partial charge in [0.05, 0.1) is 23.6 Å². The maximum atomic E-state index is 6.10. The first kappa shape index (κ1) is 18.2. The Bertz CT molecular complexity index is 871. The van der Waals surface area contributed by atoms with Crippen LogP contribution in [-0.2, 0) is 20.6 Å². The molecule has 1 fully saturated rings. The van der Waals surface area contributed by atoms with Crippen molar-refractivity contribution >= 4 is 35.0 Å². The molecule has 1 unspecified atom stereocenters. The fourth-order valence-corrected chi connectivity index (χ4v) is 3.60. The molecule has 3 aromatic rings. The molecule has 1 saturated heterocycles. The second-order valence-corrected chi connectivity index (χ2v) is 6.74. The van der Waals surface area contributed by atoms with Gasteiger partial charge < -0.3 is 14.5 Å². The van der Waals surface area contributed by atoms with E-state index in [2.05, 4.69) is 31.4 Å². The normalized spacial score (nSPS) is 18.4. The minimum absolute atomic E-state index is 0. The topological polar surface area (TPSA) is 50.9 Å². The number of nitrogens with zero attached hydrogens (tertiary/aromatic N) is 5. The van der Waals surface area contributed by atoms with E-state index in [9.17, 15) is 0 Å². The van der Waals surface area contributed by atoms with E-state index in [4.69, 9.17) is 16.6 Å². The molecule has 1 N–H and O–H groups in total. The van der Waals surface area contributed by atoms with Gasteiger partial charge in [0.15, 0.2) is 0 Å². The molecule has 0 saturated carbocycles. The van der Waals surface area contributed by atoms with Crippen molar-refractivity contribution in [2.24, 2.45) is 14.1 Å². The maximum Gasteiger partial charge on any atom is 0.127 e. The van der Waals surface area contributed by atoms with Gasteiger partial charge in [0, 0.05) is 51.1 Å². The van der Waals surface area contributed by atoms with E-state index in [1.807, 2.05) is 37.6 Å². The van der Waals surface area contributed by atoms with Gasteiger partial charge in [-0.15, -0.1) is 12.4 Å². The number of aryl methyl sites for hydroxylation is 2. The number of rotatable bonds is 3. The van der Waals surface area contributed by atoms with E-state index in [-0.39, 0.29) is 18.4 Å². The van der Waals surface area contributed by atoms with Crippen LogP contribution in [0.3, 0.4) is 0 Å². The summed E-state index contributed by atoms with van der Waals surface area (Å²) < 4.78 is 4.25. The van der Waals surface area contributed by atoms with Crippen LogP contribution < -0.4 is 5.32 Å². The monoisotopic (exact) mass is 380 g/mol. The molecule has 0 spiro atoms. The van der Waals surface area contributed by atoms with Crippen LogP contribution in [0.1, 0.15) is 17.7 Å². The Morgan fingerprint density at radius 1 is 1.32 bits per heavy atom. The van der Waals surface area contributed by atoms with E-state index < -0.39 is 0 Å². The number of piperazine rings is 1. The molecule has 0 radical (unpaired) electrons. The van der Waals surface area contributed by atoms with Crippen LogP contribution in [0.25, 0.3) is 11.0 Å². The van der Waals surface area contributed by atoms with Crippen LogP contribution in [-0.4, -0.2) is 43.6 Å². The SMILES string of the molecule is Cl.Cn1ccnc1C1CNCCN1Cc1nc2cc(Cl)ccc2n1C. The molecule has 1 aliphatic heterocycles. The largest absolute Gasteiger partial charge is 0.337 e. The lowest BCUT2D eigenvalue weighted by Crippen LogP contribution is -2.46. The van der Waals surface area contributed by atoms with Gasteiger partial charge in [0.25, 0.3) is 0 Å². The number of benzene rings is 1. The Hall–Kier alpha value is -1.60. The fraction of sp³-hybridized carbons (Fsp3) is 0.412. The average molecular weight is 381 g/mol. The Morgan fingerprint density at radius 3 is 2.92 bits per heavy atom. The molecule has 6 nitrogen and oxygen atoms in total. The zero-order valence-electron chi connectivity index (χ0n) is 14.3. The van der Waals surface area contributed by atoms with E-state index in [0.717, 1.165) is 53.9 Å². The quantitative estimate of drug-likeness (QED) is 0.758. The minimum Gasteiger partial charge on any atom is -0.337 e. The Balaban J connectivity index is 0.00000182. The molecule has 8 heteroatoms. The first-order valence-electron chi connectivity index (χ1n) is 8.16. The van der Waals surface area contributed by atoms with Crippen molar-refractivity contribution in [3.8, 4) is 0 Å². The van der Waals surface area contributed by atoms with Crippen molar-refractivity contribution in [2.45, 2.75) is 12.6 Å². The van der Waals surface area contributed by atoms with E-state index in [1.54, 1.807) is 0 Å². The molecule has 1 atom stereocenters. The molecule has 4 rings (SSSR count). The lowest BCUT2D eigenvalue weighted by Gasteiger charge is -2.35. The number of hydrogen-bond acceptors (Lipinski definition) is 4. The van der Waals surface area contributed by atoms with Crippen molar-refractivity contribution in [1.29, 1.82) is 0 Å². The Morgan fingerprint density at radius 2 is 2.16 bits per heavy atom. The number of imidazole rings is 2. The molecular weight excluding hydrogens is 359 g/mol. The number of hydrogen-bond donors (Lipinski definition) is 1. The van der Waals surface area contributed by atoms with Gasteiger partial charge in [-0.1, -0.05) is 11.6 Å². The van der Waals surface area contributed by atoms with E-state index in [0.29, 0.717) is 0 Å². The highest BCUT2D eigenvalue weighted by molar-refractivity contribution is 6.31. The third kappa shape index (κ3) is 3.40. The third-order valence-corrected chi connectivity index (χ3v) is 5.03. The first-order chi connectivity index (χ1) is 11.6. The van der Waals surface area contributed by atoms with Crippen molar-refractivity contribution < 1.29 is 0 Å². The summed E-state index contributed by atoms with van der Waals surface area (Å²) in [4.78, 5) is 11.8. The first-order valence-corrected chi connectivity index (χ1v) is 8.54. The summed E-state index contributed by atoms with van der Waals surface area (Å²) in [6.07, 6.45) is 3.86. The lowest BCUT2D eigenvalue weighted by molar-refractivity contribution is 0.140. The standard InChI is InChI=1S/C17H21ClN6.ClH/c1-22-7-6-20-17(22)15-10-19-5-8-24(15)11-16-21-13-9-12(18)3-4-14(13)23(16)2;/h3-4,6-7,9,15,19H,5,8,10-11H2,1-2H3;1H. The second kappa shape index (κ2) is 7.33. The number of nitrogens with one attached hydrogen (secondary N) is 1. The summed E-state index contributed by atoms with van der Waals surface area (Å²) in [5.74, 6) is 2.14. The van der Waals surface area contributed by atoms with Crippen LogP contribution in [0.2, 0.25) is 5.02 Å². The second-order valence-electron chi connectivity index (χ2n) is 6.31. The third-order valence-electron chi connectivity index (χ3n) is 4.79. The fourth-order valence-electron chi connectivity index (χ4n) is 3.43. The van der Waals surface area contributed by atoms with Crippen LogP contribution >= 0.6 is 24.0 Å². The summed E-state index contributed by atoms with van der Waals surface area (Å²) >= 11 is 6.10. The summed E-state index contributed by atoms with van der Waals surface area (Å²) in [6, 6.07) is 6.12. The van der Waals surface area contributed by atoms with Gasteiger partial charge in [0.1, 0.15) is 11.6 Å². The molecule has 0 aliphatic carbocycles. The predicted molar refractivity (Wildman–Crippen MR) is 102 cm³/mol. The molecule has 3 heterocycles. The van der Waals surface area contributed by atoms with Crippen LogP contribution in [0, 0.1) is 0 Å². The van der Waals surface area contributed by atoms with E-state index in [1.165, 1.54) is 0 Å². The molecule has 1 aromatic carbocycles. The highest BCUT2D eigenvalue weighted by Crippen LogP contribution is 2.25. The summed E-state index contributed by atoms with van der Waals surface area (Å²) in [7, 11) is 4.11. The number of halogens is 2. The van der Waals surface area contributed by atoms with Gasteiger partial charge in [-0.2, -0.15) is 0 Å². The van der Waals surface area contributed by atoms with Crippen LogP contribution in [0.5, 0.6) is 0 Å². The average Bonchev–Trinajstić information content (AvgIpc) is 3.12. The summed E-state index contributed by atoms with van der Waals surface area (Å²) in [5.41, 5.74) is 2.06. The predicted octanol–water partition coefficient (Wildman–Crippen LogP) is 2.53. The zero-order chi connectivity index (χ0) is 16.7. The minimum atomic E-state index is 0.